The molecule has 17 heavy (non-hydrogen) atoms. The predicted molar refractivity (Wildman–Crippen MR) is 67.1 cm³/mol. The number of halogens is 1. The monoisotopic (exact) mass is 292 g/mol. The van der Waals surface area contributed by atoms with Crippen LogP contribution in [0.2, 0.25) is 0 Å². The maximum absolute atomic E-state index is 5.50. The largest absolute Gasteiger partial charge is 0.495 e. The van der Waals surface area contributed by atoms with Crippen molar-refractivity contribution in [1.82, 2.24) is 9.38 Å². The van der Waals surface area contributed by atoms with Crippen LogP contribution >= 0.6 is 15.9 Å². The molecule has 0 bridgehead atoms. The molecule has 0 aliphatic carbocycles. The van der Waals surface area contributed by atoms with Crippen LogP contribution in [-0.2, 0) is 0 Å². The summed E-state index contributed by atoms with van der Waals surface area (Å²) in [4.78, 5) is 4.35. The Morgan fingerprint density at radius 1 is 1.29 bits per heavy atom. The van der Waals surface area contributed by atoms with Gasteiger partial charge in [0, 0.05) is 0 Å². The fourth-order valence-electron chi connectivity index (χ4n) is 1.71. The van der Waals surface area contributed by atoms with E-state index < -0.39 is 0 Å². The molecule has 4 nitrogen and oxygen atoms in total. The fourth-order valence-corrected chi connectivity index (χ4v) is 2.01. The van der Waals surface area contributed by atoms with E-state index in [2.05, 4.69) is 20.9 Å². The Hall–Kier alpha value is -1.75. The predicted octanol–water partition coefficient (Wildman–Crippen LogP) is 3.37. The zero-order chi connectivity index (χ0) is 11.8. The van der Waals surface area contributed by atoms with Crippen LogP contribution in [0.4, 0.5) is 0 Å². The third kappa shape index (κ3) is 1.72. The third-order valence-electron chi connectivity index (χ3n) is 2.53. The Morgan fingerprint density at radius 2 is 2.18 bits per heavy atom. The van der Waals surface area contributed by atoms with Gasteiger partial charge in [-0.05, 0) is 40.2 Å². The summed E-state index contributed by atoms with van der Waals surface area (Å²) in [7, 11) is 1.64. The molecule has 0 fully saturated rings. The molecule has 3 heterocycles. The Morgan fingerprint density at radius 3 is 2.88 bits per heavy atom. The van der Waals surface area contributed by atoms with Crippen molar-refractivity contribution in [3.05, 3.63) is 41.3 Å². The molecule has 3 rings (SSSR count). The Bertz CT molecular complexity index is 672. The van der Waals surface area contributed by atoms with Gasteiger partial charge in [-0.2, -0.15) is 0 Å². The van der Waals surface area contributed by atoms with E-state index in [0.717, 1.165) is 17.1 Å². The minimum absolute atomic E-state index is 0.687. The zero-order valence-electron chi connectivity index (χ0n) is 9.05. The van der Waals surface area contributed by atoms with Gasteiger partial charge in [0.05, 0.1) is 25.0 Å². The summed E-state index contributed by atoms with van der Waals surface area (Å²) in [5.41, 5.74) is 0.994. The highest BCUT2D eigenvalue weighted by Gasteiger charge is 2.10. The first-order chi connectivity index (χ1) is 8.28. The molecule has 0 aliphatic rings. The van der Waals surface area contributed by atoms with Crippen LogP contribution in [0.25, 0.3) is 17.1 Å². The van der Waals surface area contributed by atoms with Crippen molar-refractivity contribution < 1.29 is 9.15 Å². The van der Waals surface area contributed by atoms with E-state index in [1.165, 1.54) is 0 Å². The van der Waals surface area contributed by atoms with Crippen LogP contribution < -0.4 is 4.74 Å². The van der Waals surface area contributed by atoms with Crippen molar-refractivity contribution in [2.75, 3.05) is 7.11 Å². The van der Waals surface area contributed by atoms with Crippen molar-refractivity contribution in [2.45, 2.75) is 0 Å². The number of furan rings is 1. The quantitative estimate of drug-likeness (QED) is 0.727. The van der Waals surface area contributed by atoms with Crippen molar-refractivity contribution in [1.29, 1.82) is 0 Å². The highest BCUT2D eigenvalue weighted by Crippen LogP contribution is 2.26. The second-order valence-electron chi connectivity index (χ2n) is 3.55. The maximum atomic E-state index is 5.50. The number of methoxy groups -OCH3 is 1. The first-order valence-corrected chi connectivity index (χ1v) is 5.84. The van der Waals surface area contributed by atoms with Crippen molar-refractivity contribution >= 4 is 21.4 Å². The average molecular weight is 293 g/mol. The second-order valence-corrected chi connectivity index (χ2v) is 4.33. The molecule has 0 N–H and O–H groups in total. The second kappa shape index (κ2) is 3.92. The number of ether oxygens (including phenoxy) is 1. The lowest BCUT2D eigenvalue weighted by Gasteiger charge is -2.02. The zero-order valence-corrected chi connectivity index (χ0v) is 10.6. The van der Waals surface area contributed by atoms with Crippen LogP contribution in [0.1, 0.15) is 0 Å². The van der Waals surface area contributed by atoms with E-state index in [4.69, 9.17) is 9.15 Å². The SMILES string of the molecule is COc1ccc2cnc(-c3ccc(Br)o3)n2c1. The van der Waals surface area contributed by atoms with Gasteiger partial charge in [-0.3, -0.25) is 4.40 Å². The summed E-state index contributed by atoms with van der Waals surface area (Å²) >= 11 is 3.28. The normalized spacial score (nSPS) is 10.9. The average Bonchev–Trinajstić information content (AvgIpc) is 2.93. The van der Waals surface area contributed by atoms with Crippen molar-refractivity contribution in [3.63, 3.8) is 0 Å². The minimum Gasteiger partial charge on any atom is -0.495 e. The van der Waals surface area contributed by atoms with Crippen LogP contribution in [-0.4, -0.2) is 16.5 Å². The van der Waals surface area contributed by atoms with Gasteiger partial charge in [-0.15, -0.1) is 0 Å². The summed E-state index contributed by atoms with van der Waals surface area (Å²) in [6.45, 7) is 0. The van der Waals surface area contributed by atoms with Gasteiger partial charge in [-0.25, -0.2) is 4.98 Å². The van der Waals surface area contributed by atoms with E-state index in [1.54, 1.807) is 13.3 Å². The van der Waals surface area contributed by atoms with Gasteiger partial charge in [0.2, 0.25) is 0 Å². The summed E-state index contributed by atoms with van der Waals surface area (Å²) in [5.74, 6) is 2.25. The highest BCUT2D eigenvalue weighted by molar-refractivity contribution is 9.10. The number of aromatic nitrogens is 2. The first-order valence-electron chi connectivity index (χ1n) is 5.05. The molecule has 0 aromatic carbocycles. The Balaban J connectivity index is 2.22. The molecule has 0 radical (unpaired) electrons. The number of hydrogen-bond acceptors (Lipinski definition) is 3. The van der Waals surface area contributed by atoms with Gasteiger partial charge >= 0.3 is 0 Å². The van der Waals surface area contributed by atoms with E-state index in [-0.39, 0.29) is 0 Å². The van der Waals surface area contributed by atoms with Gasteiger partial charge in [0.15, 0.2) is 16.3 Å². The minimum atomic E-state index is 0.687. The molecule has 0 saturated heterocycles. The van der Waals surface area contributed by atoms with Crippen molar-refractivity contribution in [2.24, 2.45) is 0 Å². The number of pyridine rings is 1. The molecular formula is C12H9BrN2O2. The summed E-state index contributed by atoms with van der Waals surface area (Å²) < 4.78 is 13.3. The first kappa shape index (κ1) is 10.4. The molecule has 5 heteroatoms. The van der Waals surface area contributed by atoms with Gasteiger partial charge in [0.25, 0.3) is 0 Å². The molecule has 0 atom stereocenters. The number of hydrogen-bond donors (Lipinski definition) is 0. The number of rotatable bonds is 2. The topological polar surface area (TPSA) is 39.7 Å². The highest BCUT2D eigenvalue weighted by atomic mass is 79.9. The molecule has 0 spiro atoms. The number of imidazole rings is 1. The van der Waals surface area contributed by atoms with Crippen LogP contribution in [0, 0.1) is 0 Å². The van der Waals surface area contributed by atoms with Crippen LogP contribution in [0.3, 0.4) is 0 Å². The van der Waals surface area contributed by atoms with Gasteiger partial charge in [0.1, 0.15) is 5.75 Å². The number of nitrogens with zero attached hydrogens (tertiary/aromatic N) is 2. The van der Waals surface area contributed by atoms with Crippen LogP contribution in [0.15, 0.2) is 45.7 Å². The van der Waals surface area contributed by atoms with Crippen LogP contribution in [0.5, 0.6) is 5.75 Å². The van der Waals surface area contributed by atoms with E-state index >= 15 is 0 Å². The summed E-state index contributed by atoms with van der Waals surface area (Å²) in [6, 6.07) is 7.57. The lowest BCUT2D eigenvalue weighted by molar-refractivity contribution is 0.412. The lowest BCUT2D eigenvalue weighted by atomic mass is 10.4. The van der Waals surface area contributed by atoms with E-state index in [0.29, 0.717) is 10.4 Å². The molecule has 0 saturated carbocycles. The third-order valence-corrected chi connectivity index (χ3v) is 2.96. The van der Waals surface area contributed by atoms with E-state index in [1.807, 2.05) is 34.9 Å². The molecule has 86 valence electrons. The number of fused-ring (bicyclic) bond motifs is 1. The maximum Gasteiger partial charge on any atom is 0.180 e. The lowest BCUT2D eigenvalue weighted by Crippen LogP contribution is -1.90. The summed E-state index contributed by atoms with van der Waals surface area (Å²) in [6.07, 6.45) is 3.68. The van der Waals surface area contributed by atoms with Gasteiger partial charge in [-0.1, -0.05) is 0 Å². The molecule has 3 aromatic heterocycles. The fraction of sp³-hybridized carbons (Fsp3) is 0.0833. The molecule has 0 amide bonds. The molecule has 3 aromatic rings. The molecule has 0 unspecified atom stereocenters. The Labute approximate surface area is 106 Å². The smallest absolute Gasteiger partial charge is 0.180 e. The van der Waals surface area contributed by atoms with Gasteiger partial charge < -0.3 is 9.15 Å². The Kier molecular flexibility index (Phi) is 2.40. The summed E-state index contributed by atoms with van der Waals surface area (Å²) in [5, 5.41) is 0. The standard InChI is InChI=1S/C12H9BrN2O2/c1-16-9-3-2-8-6-14-12(15(8)7-9)10-4-5-11(13)17-10/h2-7H,1H3. The van der Waals surface area contributed by atoms with Crippen molar-refractivity contribution in [3.8, 4) is 17.3 Å². The molecular weight excluding hydrogens is 284 g/mol. The van der Waals surface area contributed by atoms with E-state index in [9.17, 15) is 0 Å². The molecule has 0 aliphatic heterocycles.